The predicted octanol–water partition coefficient (Wildman–Crippen LogP) is 11.8. The normalized spacial score (nSPS) is 15.2. The van der Waals surface area contributed by atoms with Crippen LogP contribution in [-0.4, -0.2) is 33.4 Å². The smallest absolute Gasteiger partial charge is 0.147 e. The molecule has 1 fully saturated rings. The second-order valence-electron chi connectivity index (χ2n) is 15.7. The summed E-state index contributed by atoms with van der Waals surface area (Å²) in [5, 5.41) is 23.9. The van der Waals surface area contributed by atoms with E-state index in [1.165, 1.54) is 56.4 Å². The maximum absolute atomic E-state index is 12.2. The first kappa shape index (κ1) is 41.5. The summed E-state index contributed by atoms with van der Waals surface area (Å²) in [5.41, 5.74) is 18.5. The maximum atomic E-state index is 12.2. The van der Waals surface area contributed by atoms with E-state index in [0.717, 1.165) is 56.4 Å². The number of hydrogen-bond acceptors (Lipinski definition) is 6. The Morgan fingerprint density at radius 2 is 1.29 bits per heavy atom. The molecule has 9 heteroatoms. The van der Waals surface area contributed by atoms with Crippen molar-refractivity contribution in [3.63, 3.8) is 0 Å². The van der Waals surface area contributed by atoms with E-state index in [-0.39, 0.29) is 18.1 Å². The molecule has 5 aromatic rings. The third-order valence-corrected chi connectivity index (χ3v) is 12.3. The molecule has 0 atom stereocenters. The first-order valence-electron chi connectivity index (χ1n) is 19.6. The van der Waals surface area contributed by atoms with Gasteiger partial charge in [-0.15, -0.1) is 12.4 Å². The third-order valence-electron chi connectivity index (χ3n) is 11.4. The number of phenolic OH excluding ortho intramolecular Hbond substituents is 1. The quantitative estimate of drug-likeness (QED) is 0.0762. The Morgan fingerprint density at radius 3 is 1.83 bits per heavy atom. The summed E-state index contributed by atoms with van der Waals surface area (Å²) in [6.07, 6.45) is 6.73. The molecule has 5 aromatic carbocycles. The molecule has 0 radical (unpaired) electrons. The van der Waals surface area contributed by atoms with Crippen LogP contribution in [0.5, 0.6) is 5.75 Å². The SMILES string of the molecule is Cc1ccc(N=Cc2c(C3=C(c4ccccc4)C4=C(C=CCC4=C4N(c5c(C)cc(C)cc5C)CCN4c4c(C)cc(C)cc4C)[C]3=[Ru])ccc([N+](=O)[O-])c2O)cc1.Cl. The molecule has 8 rings (SSSR count). The molecule has 3 aliphatic rings. The largest absolute Gasteiger partial charge is 0.147 e. The average Bonchev–Trinajstić information content (AvgIpc) is 3.72. The number of benzene rings is 5. The van der Waals surface area contributed by atoms with Crippen molar-refractivity contribution in [3.8, 4) is 5.75 Å². The van der Waals surface area contributed by atoms with E-state index in [9.17, 15) is 15.2 Å². The number of aryl methyl sites for hydroxylation is 7. The minimum absolute atomic E-state index is 0. The second-order valence-corrected chi connectivity index (χ2v) is 16.5. The number of halogens is 1. The van der Waals surface area contributed by atoms with E-state index in [4.69, 9.17) is 4.99 Å². The number of nitro groups is 1. The van der Waals surface area contributed by atoms with E-state index in [1.807, 2.05) is 49.4 Å². The van der Waals surface area contributed by atoms with Crippen molar-refractivity contribution in [1.29, 1.82) is 0 Å². The van der Waals surface area contributed by atoms with Crippen molar-refractivity contribution in [3.05, 3.63) is 191 Å². The van der Waals surface area contributed by atoms with E-state index in [0.29, 0.717) is 23.2 Å². The van der Waals surface area contributed by atoms with Crippen molar-refractivity contribution in [2.75, 3.05) is 22.9 Å². The van der Waals surface area contributed by atoms with Gasteiger partial charge >= 0.3 is 352 Å². The summed E-state index contributed by atoms with van der Waals surface area (Å²) >= 11 is 2.86. The molecule has 1 saturated heterocycles. The number of nitrogens with zero attached hydrogens (tertiary/aromatic N) is 4. The molecule has 300 valence electrons. The van der Waals surface area contributed by atoms with E-state index in [2.05, 4.69) is 118 Å². The molecule has 0 bridgehead atoms. The van der Waals surface area contributed by atoms with Gasteiger partial charge in [0.15, 0.2) is 0 Å². The van der Waals surface area contributed by atoms with Crippen molar-refractivity contribution >= 4 is 56.6 Å². The van der Waals surface area contributed by atoms with Crippen LogP contribution in [0.25, 0.3) is 11.1 Å². The van der Waals surface area contributed by atoms with Gasteiger partial charge in [0.1, 0.15) is 0 Å². The van der Waals surface area contributed by atoms with Crippen molar-refractivity contribution in [2.24, 2.45) is 4.99 Å². The summed E-state index contributed by atoms with van der Waals surface area (Å²) in [6, 6.07) is 30.4. The second kappa shape index (κ2) is 16.5. The van der Waals surface area contributed by atoms with Crippen LogP contribution in [0.2, 0.25) is 0 Å². The van der Waals surface area contributed by atoms with Crippen molar-refractivity contribution < 1.29 is 27.9 Å². The first-order chi connectivity index (χ1) is 27.8. The number of aromatic hydroxyl groups is 1. The molecule has 1 aliphatic heterocycles. The standard InChI is InChI=1S/C50H46N4O3.ClH.Ru/c1-30-16-18-39(19-17-30)51-29-43-40(20-21-44(49(43)55)54(56)57)42-28-38-14-11-15-41(46(38)45(42)37-12-9-8-10-13-37)50-52(47-33(4)24-31(2)25-34(47)5)22-23-53(50)48-35(6)26-32(3)27-36(48)7;;/h8-14,16-21,24-27,29,55H,15,22-23H2,1-7H3;1H;. The van der Waals surface area contributed by atoms with Crippen LogP contribution in [0.4, 0.5) is 22.7 Å². The van der Waals surface area contributed by atoms with E-state index >= 15 is 0 Å². The summed E-state index contributed by atoms with van der Waals surface area (Å²) in [6.45, 7) is 16.8. The van der Waals surface area contributed by atoms with Gasteiger partial charge in [-0.2, -0.15) is 0 Å². The predicted molar refractivity (Wildman–Crippen MR) is 243 cm³/mol. The zero-order valence-corrected chi connectivity index (χ0v) is 36.9. The monoisotopic (exact) mass is 888 g/mol. The minimum atomic E-state index is -0.544. The van der Waals surface area contributed by atoms with Gasteiger partial charge in [-0.1, -0.05) is 0 Å². The van der Waals surface area contributed by atoms with Gasteiger partial charge in [0.25, 0.3) is 0 Å². The molecule has 0 aromatic heterocycles. The van der Waals surface area contributed by atoms with E-state index < -0.39 is 10.7 Å². The Labute approximate surface area is 362 Å². The molecule has 1 N–H and O–H groups in total. The summed E-state index contributed by atoms with van der Waals surface area (Å²) < 4.78 is 0.960. The molecular weight excluding hydrogens is 841 g/mol. The fourth-order valence-electron chi connectivity index (χ4n) is 9.20. The Bertz CT molecular complexity index is 2610. The average molecular weight is 888 g/mol. The molecule has 2 aliphatic carbocycles. The molecule has 1 heterocycles. The van der Waals surface area contributed by atoms with Gasteiger partial charge in [-0.05, 0) is 0 Å². The van der Waals surface area contributed by atoms with Crippen LogP contribution in [0.15, 0.2) is 131 Å². The Morgan fingerprint density at radius 1 is 0.729 bits per heavy atom. The van der Waals surface area contributed by atoms with Crippen molar-refractivity contribution in [2.45, 2.75) is 54.9 Å². The van der Waals surface area contributed by atoms with Crippen molar-refractivity contribution in [1.82, 2.24) is 0 Å². The van der Waals surface area contributed by atoms with Crippen LogP contribution in [0, 0.1) is 58.6 Å². The number of rotatable bonds is 7. The number of phenols is 1. The topological polar surface area (TPSA) is 82.2 Å². The van der Waals surface area contributed by atoms with Crippen LogP contribution >= 0.6 is 12.4 Å². The van der Waals surface area contributed by atoms with Crippen LogP contribution < -0.4 is 9.80 Å². The van der Waals surface area contributed by atoms with Crippen LogP contribution in [-0.2, 0) is 17.9 Å². The summed E-state index contributed by atoms with van der Waals surface area (Å²) in [7, 11) is 0. The zero-order valence-electron chi connectivity index (χ0n) is 34.3. The molecule has 59 heavy (non-hydrogen) atoms. The van der Waals surface area contributed by atoms with Gasteiger partial charge in [-0.25, -0.2) is 0 Å². The molecule has 7 nitrogen and oxygen atoms in total. The fraction of sp³-hybridized carbons (Fsp3) is 0.200. The zero-order chi connectivity index (χ0) is 41.0. The minimum Gasteiger partial charge on any atom is -0.147 e. The number of allylic oxidation sites excluding steroid dienone is 7. The Hall–Kier alpha value is -5.69. The summed E-state index contributed by atoms with van der Waals surface area (Å²) in [5.74, 6) is 0.740. The van der Waals surface area contributed by atoms with Gasteiger partial charge in [-0.3, -0.25) is 0 Å². The van der Waals surface area contributed by atoms with Gasteiger partial charge in [0, 0.05) is 0 Å². The third kappa shape index (κ3) is 7.45. The maximum Gasteiger partial charge on any atom is -0.147 e. The summed E-state index contributed by atoms with van der Waals surface area (Å²) in [4.78, 5) is 21.5. The number of nitro benzene ring substituents is 1. The number of hydrogen-bond donors (Lipinski definition) is 1. The molecule has 0 spiro atoms. The number of anilines is 2. The molecular formula is C50H47ClN4O3Ru. The van der Waals surface area contributed by atoms with Gasteiger partial charge < -0.3 is 0 Å². The van der Waals surface area contributed by atoms with Crippen LogP contribution in [0.1, 0.15) is 62.1 Å². The van der Waals surface area contributed by atoms with Gasteiger partial charge in [0.05, 0.1) is 0 Å². The molecule has 0 unspecified atom stereocenters. The van der Waals surface area contributed by atoms with E-state index in [1.54, 1.807) is 12.3 Å². The van der Waals surface area contributed by atoms with Crippen LogP contribution in [0.3, 0.4) is 0 Å². The Kier molecular flexibility index (Phi) is 11.6. The molecule has 0 saturated carbocycles. The first-order valence-corrected chi connectivity index (χ1v) is 20.5. The van der Waals surface area contributed by atoms with Gasteiger partial charge in [0.2, 0.25) is 0 Å². The number of aliphatic imine (C=N–C) groups is 1. The Balaban J connectivity index is 0.00000528. The molecule has 0 amide bonds. The fourth-order valence-corrected chi connectivity index (χ4v) is 10.0.